The second-order valence-corrected chi connectivity index (χ2v) is 15.7. The summed E-state index contributed by atoms with van der Waals surface area (Å²) in [4.78, 5) is 17.2. The highest BCUT2D eigenvalue weighted by atomic mass is 16.5. The summed E-state index contributed by atoms with van der Waals surface area (Å²) in [5.74, 6) is 3.52. The molecular formula is C51H40N4O. The van der Waals surface area contributed by atoms with E-state index in [-0.39, 0.29) is 10.8 Å². The average Bonchev–Trinajstić information content (AvgIpc) is 3.24. The predicted molar refractivity (Wildman–Crippen MR) is 227 cm³/mol. The molecule has 1 aromatic heterocycles. The van der Waals surface area contributed by atoms with Crippen LogP contribution in [0.1, 0.15) is 49.9 Å². The number of rotatable bonds is 5. The van der Waals surface area contributed by atoms with Crippen LogP contribution in [0.25, 0.3) is 45.3 Å². The van der Waals surface area contributed by atoms with E-state index in [9.17, 15) is 0 Å². The van der Waals surface area contributed by atoms with Crippen LogP contribution in [0.4, 0.5) is 17.1 Å². The average molecular weight is 725 g/mol. The summed E-state index contributed by atoms with van der Waals surface area (Å²) in [7, 11) is 0. The molecule has 0 saturated carbocycles. The largest absolute Gasteiger partial charge is 0.457 e. The van der Waals surface area contributed by atoms with Crippen molar-refractivity contribution in [1.29, 1.82) is 0 Å². The molecule has 0 radical (unpaired) electrons. The second-order valence-electron chi connectivity index (χ2n) is 15.7. The van der Waals surface area contributed by atoms with Crippen molar-refractivity contribution < 1.29 is 4.74 Å². The summed E-state index contributed by atoms with van der Waals surface area (Å²) in [6.07, 6.45) is 0. The van der Waals surface area contributed by atoms with Crippen LogP contribution < -0.4 is 9.64 Å². The molecule has 10 rings (SSSR count). The Kier molecular flexibility index (Phi) is 7.75. The van der Waals surface area contributed by atoms with Crippen LogP contribution in [0.2, 0.25) is 0 Å². The normalized spacial score (nSPS) is 14.5. The molecule has 0 amide bonds. The number of nitrogens with zero attached hydrogens (tertiary/aromatic N) is 4. The Balaban J connectivity index is 0.999. The van der Waals surface area contributed by atoms with Gasteiger partial charge in [-0.25, -0.2) is 15.0 Å². The molecule has 2 aliphatic heterocycles. The Hall–Kier alpha value is -6.85. The lowest BCUT2D eigenvalue weighted by molar-refractivity contribution is 0.418. The minimum Gasteiger partial charge on any atom is -0.457 e. The molecule has 0 fully saturated rings. The number of benzene rings is 7. The highest BCUT2D eigenvalue weighted by Crippen LogP contribution is 2.53. The molecule has 5 nitrogen and oxygen atoms in total. The zero-order valence-electron chi connectivity index (χ0n) is 31.9. The first kappa shape index (κ1) is 33.7. The topological polar surface area (TPSA) is 51.1 Å². The molecule has 56 heavy (non-hydrogen) atoms. The van der Waals surface area contributed by atoms with Crippen LogP contribution in [0.3, 0.4) is 0 Å². The smallest absolute Gasteiger partial charge is 0.164 e. The van der Waals surface area contributed by atoms with E-state index in [0.717, 1.165) is 56.1 Å². The third-order valence-electron chi connectivity index (χ3n) is 11.6. The molecule has 5 heteroatoms. The van der Waals surface area contributed by atoms with Crippen molar-refractivity contribution in [1.82, 2.24) is 15.0 Å². The summed E-state index contributed by atoms with van der Waals surface area (Å²) < 4.78 is 6.80. The van der Waals surface area contributed by atoms with Crippen molar-refractivity contribution in [2.45, 2.75) is 38.5 Å². The molecule has 8 aromatic rings. The van der Waals surface area contributed by atoms with Crippen LogP contribution in [0, 0.1) is 0 Å². The Bertz CT molecular complexity index is 2670. The van der Waals surface area contributed by atoms with Gasteiger partial charge in [0.2, 0.25) is 0 Å². The first-order valence-corrected chi connectivity index (χ1v) is 19.2. The first-order valence-electron chi connectivity index (χ1n) is 19.2. The zero-order chi connectivity index (χ0) is 38.0. The lowest BCUT2D eigenvalue weighted by Crippen LogP contribution is -2.30. The van der Waals surface area contributed by atoms with Crippen LogP contribution in [0.15, 0.2) is 170 Å². The number of aromatic nitrogens is 3. The number of para-hydroxylation sites is 2. The van der Waals surface area contributed by atoms with E-state index < -0.39 is 0 Å². The highest BCUT2D eigenvalue weighted by molar-refractivity contribution is 5.86. The van der Waals surface area contributed by atoms with Gasteiger partial charge in [0.15, 0.2) is 17.5 Å². The highest BCUT2D eigenvalue weighted by Gasteiger charge is 2.37. The van der Waals surface area contributed by atoms with Gasteiger partial charge in [-0.2, -0.15) is 0 Å². The lowest BCUT2D eigenvalue weighted by Gasteiger charge is -2.42. The first-order chi connectivity index (χ1) is 27.3. The van der Waals surface area contributed by atoms with Gasteiger partial charge >= 0.3 is 0 Å². The van der Waals surface area contributed by atoms with Crippen molar-refractivity contribution in [3.8, 4) is 56.8 Å². The van der Waals surface area contributed by atoms with Gasteiger partial charge in [-0.05, 0) is 58.7 Å². The molecule has 0 bridgehead atoms. The predicted octanol–water partition coefficient (Wildman–Crippen LogP) is 13.1. The molecule has 0 saturated heterocycles. The molecule has 0 unspecified atom stereocenters. The minimum atomic E-state index is -0.282. The van der Waals surface area contributed by atoms with E-state index in [0.29, 0.717) is 17.5 Å². The fourth-order valence-corrected chi connectivity index (χ4v) is 8.52. The summed E-state index contributed by atoms with van der Waals surface area (Å²) in [5, 5.41) is 0. The lowest BCUT2D eigenvalue weighted by atomic mass is 9.73. The summed E-state index contributed by atoms with van der Waals surface area (Å²) in [5.41, 5.74) is 13.1. The van der Waals surface area contributed by atoms with Gasteiger partial charge in [-0.3, -0.25) is 0 Å². The SMILES string of the molecule is CC1(C)c2ccc(-c3ccc(N4c5ccccc5C(C)(C)c5ccccc54)cc3)cc2Oc2cc(-c3nc(-c4ccccc4)nc(-c4ccccc4)n3)ccc21. The molecular weight excluding hydrogens is 685 g/mol. The van der Waals surface area contributed by atoms with Crippen LogP contribution in [-0.4, -0.2) is 15.0 Å². The van der Waals surface area contributed by atoms with Crippen molar-refractivity contribution in [3.63, 3.8) is 0 Å². The second kappa shape index (κ2) is 12.9. The number of ether oxygens (including phenoxy) is 1. The number of fused-ring (bicyclic) bond motifs is 4. The van der Waals surface area contributed by atoms with Crippen LogP contribution in [-0.2, 0) is 10.8 Å². The van der Waals surface area contributed by atoms with Crippen molar-refractivity contribution in [2.24, 2.45) is 0 Å². The van der Waals surface area contributed by atoms with Crippen LogP contribution >= 0.6 is 0 Å². The summed E-state index contributed by atoms with van der Waals surface area (Å²) >= 11 is 0. The molecule has 2 aliphatic rings. The minimum absolute atomic E-state index is 0.0958. The van der Waals surface area contributed by atoms with E-state index in [1.807, 2.05) is 60.7 Å². The Morgan fingerprint density at radius 2 is 0.786 bits per heavy atom. The Labute approximate surface area is 328 Å². The van der Waals surface area contributed by atoms with Gasteiger partial charge in [0.25, 0.3) is 0 Å². The number of hydrogen-bond acceptors (Lipinski definition) is 5. The third-order valence-corrected chi connectivity index (χ3v) is 11.6. The maximum Gasteiger partial charge on any atom is 0.164 e. The maximum atomic E-state index is 6.80. The molecule has 270 valence electrons. The fourth-order valence-electron chi connectivity index (χ4n) is 8.52. The van der Waals surface area contributed by atoms with Gasteiger partial charge < -0.3 is 9.64 Å². The molecule has 0 spiro atoms. The number of anilines is 3. The van der Waals surface area contributed by atoms with Crippen LogP contribution in [0.5, 0.6) is 11.5 Å². The maximum absolute atomic E-state index is 6.80. The summed E-state index contributed by atoms with van der Waals surface area (Å²) in [6, 6.07) is 59.5. The zero-order valence-corrected chi connectivity index (χ0v) is 31.9. The van der Waals surface area contributed by atoms with Crippen molar-refractivity contribution >= 4 is 17.1 Å². The van der Waals surface area contributed by atoms with Crippen molar-refractivity contribution in [3.05, 3.63) is 192 Å². The van der Waals surface area contributed by atoms with E-state index in [1.165, 1.54) is 22.5 Å². The molecule has 3 heterocycles. The van der Waals surface area contributed by atoms with Gasteiger partial charge in [-0.15, -0.1) is 0 Å². The Morgan fingerprint density at radius 1 is 0.375 bits per heavy atom. The van der Waals surface area contributed by atoms with Gasteiger partial charge in [-0.1, -0.05) is 161 Å². The fraction of sp³-hybridized carbons (Fsp3) is 0.118. The standard InChI is InChI=1S/C51H40N4O/c1-50(2)39-19-11-13-21-43(39)55(44-22-14-12-20-40(44)50)38-27-23-33(24-28-38)36-25-29-41-45(31-36)56-46-32-37(26-30-42(46)51(41,3)4)49-53-47(34-15-7-5-8-16-34)52-48(54-49)35-17-9-6-10-18-35/h5-32H,1-4H3. The van der Waals surface area contributed by atoms with E-state index in [4.69, 9.17) is 19.7 Å². The van der Waals surface area contributed by atoms with Gasteiger partial charge in [0.05, 0.1) is 11.4 Å². The van der Waals surface area contributed by atoms with Crippen molar-refractivity contribution in [2.75, 3.05) is 4.90 Å². The van der Waals surface area contributed by atoms with E-state index >= 15 is 0 Å². The molecule has 0 aliphatic carbocycles. The molecule has 0 N–H and O–H groups in total. The third kappa shape index (κ3) is 5.50. The quantitative estimate of drug-likeness (QED) is 0.177. The Morgan fingerprint density at radius 3 is 1.32 bits per heavy atom. The molecule has 7 aromatic carbocycles. The number of hydrogen-bond donors (Lipinski definition) is 0. The monoisotopic (exact) mass is 724 g/mol. The van der Waals surface area contributed by atoms with E-state index in [2.05, 4.69) is 142 Å². The van der Waals surface area contributed by atoms with Gasteiger partial charge in [0.1, 0.15) is 11.5 Å². The summed E-state index contributed by atoms with van der Waals surface area (Å²) in [6.45, 7) is 9.17. The molecule has 0 atom stereocenters. The van der Waals surface area contributed by atoms with E-state index in [1.54, 1.807) is 0 Å². The van der Waals surface area contributed by atoms with Gasteiger partial charge in [0, 0.05) is 44.3 Å².